The van der Waals surface area contributed by atoms with Gasteiger partial charge in [0.25, 0.3) is 0 Å². The third-order valence-corrected chi connectivity index (χ3v) is 3.97. The number of methoxy groups -OCH3 is 1. The van der Waals surface area contributed by atoms with Crippen LogP contribution in [0.5, 0.6) is 11.5 Å². The van der Waals surface area contributed by atoms with Crippen LogP contribution in [0.3, 0.4) is 0 Å². The number of carbonyl (C=O) groups is 1. The van der Waals surface area contributed by atoms with E-state index >= 15 is 0 Å². The minimum atomic E-state index is -0.251. The Bertz CT molecular complexity index is 673. The van der Waals surface area contributed by atoms with E-state index in [-0.39, 0.29) is 17.8 Å². The van der Waals surface area contributed by atoms with E-state index in [9.17, 15) is 4.79 Å². The Balaban J connectivity index is 1.97. The minimum absolute atomic E-state index is 0.140. The maximum Gasteiger partial charge on any atom is 0.173 e. The van der Waals surface area contributed by atoms with E-state index in [0.29, 0.717) is 11.3 Å². The number of fused-ring (bicyclic) bond motifs is 1. The van der Waals surface area contributed by atoms with Crippen molar-refractivity contribution in [3.8, 4) is 11.5 Å². The lowest BCUT2D eigenvalue weighted by atomic mass is 9.86. The molecule has 0 aliphatic carbocycles. The fourth-order valence-corrected chi connectivity index (χ4v) is 2.71. The van der Waals surface area contributed by atoms with Gasteiger partial charge in [-0.1, -0.05) is 30.7 Å². The van der Waals surface area contributed by atoms with Gasteiger partial charge in [-0.25, -0.2) is 0 Å². The van der Waals surface area contributed by atoms with Gasteiger partial charge < -0.3 is 9.47 Å². The predicted molar refractivity (Wildman–Crippen MR) is 81.0 cm³/mol. The van der Waals surface area contributed by atoms with Crippen molar-refractivity contribution >= 4 is 5.78 Å². The molecule has 2 aromatic carbocycles. The van der Waals surface area contributed by atoms with Crippen LogP contribution in [0.4, 0.5) is 0 Å². The number of aryl methyl sites for hydroxylation is 1. The smallest absolute Gasteiger partial charge is 0.173 e. The molecule has 3 rings (SSSR count). The quantitative estimate of drug-likeness (QED) is 0.836. The van der Waals surface area contributed by atoms with Gasteiger partial charge >= 0.3 is 0 Å². The van der Waals surface area contributed by atoms with Crippen LogP contribution in [0.15, 0.2) is 42.5 Å². The van der Waals surface area contributed by atoms with Gasteiger partial charge in [0.05, 0.1) is 18.6 Å². The van der Waals surface area contributed by atoms with Gasteiger partial charge in [0, 0.05) is 0 Å². The molecule has 0 bridgehead atoms. The van der Waals surface area contributed by atoms with Crippen LogP contribution in [0.25, 0.3) is 0 Å². The lowest BCUT2D eigenvalue weighted by Crippen LogP contribution is -2.29. The first-order chi connectivity index (χ1) is 10.1. The van der Waals surface area contributed by atoms with Gasteiger partial charge in [-0.3, -0.25) is 4.79 Å². The number of hydrogen-bond acceptors (Lipinski definition) is 3. The third kappa shape index (κ3) is 2.40. The Kier molecular flexibility index (Phi) is 3.42. The van der Waals surface area contributed by atoms with Crippen molar-refractivity contribution in [2.45, 2.75) is 20.0 Å². The summed E-state index contributed by atoms with van der Waals surface area (Å²) in [6.45, 7) is 3.90. The molecule has 0 N–H and O–H groups in total. The molecule has 0 aromatic heterocycles. The molecule has 0 spiro atoms. The molecule has 1 aliphatic rings. The molecule has 0 saturated carbocycles. The number of Topliss-reactive ketones (excluding diaryl/α,β-unsaturated/α-hetero) is 1. The average Bonchev–Trinajstić information content (AvgIpc) is 2.51. The van der Waals surface area contributed by atoms with E-state index in [4.69, 9.17) is 9.47 Å². The van der Waals surface area contributed by atoms with Crippen LogP contribution in [0, 0.1) is 12.8 Å². The predicted octanol–water partition coefficient (Wildman–Crippen LogP) is 3.96. The van der Waals surface area contributed by atoms with Gasteiger partial charge in [-0.15, -0.1) is 0 Å². The van der Waals surface area contributed by atoms with Crippen LogP contribution in [0.1, 0.15) is 34.5 Å². The van der Waals surface area contributed by atoms with E-state index in [1.807, 2.05) is 56.3 Å². The van der Waals surface area contributed by atoms with E-state index in [2.05, 4.69) is 0 Å². The highest BCUT2D eigenvalue weighted by molar-refractivity contribution is 6.01. The first kappa shape index (κ1) is 13.7. The van der Waals surface area contributed by atoms with E-state index < -0.39 is 0 Å². The Morgan fingerprint density at radius 1 is 1.10 bits per heavy atom. The topological polar surface area (TPSA) is 35.5 Å². The Hall–Kier alpha value is -2.29. The number of benzene rings is 2. The molecule has 0 saturated heterocycles. The minimum Gasteiger partial charge on any atom is -0.497 e. The molecule has 1 aliphatic heterocycles. The van der Waals surface area contributed by atoms with Crippen molar-refractivity contribution in [2.24, 2.45) is 5.92 Å². The summed E-state index contributed by atoms with van der Waals surface area (Å²) >= 11 is 0. The largest absolute Gasteiger partial charge is 0.497 e. The second-order valence-corrected chi connectivity index (χ2v) is 5.46. The molecule has 2 unspecified atom stereocenters. The van der Waals surface area contributed by atoms with E-state index in [0.717, 1.165) is 16.9 Å². The monoisotopic (exact) mass is 282 g/mol. The molecule has 3 heteroatoms. The number of ether oxygens (including phenoxy) is 2. The van der Waals surface area contributed by atoms with Crippen LogP contribution in [0.2, 0.25) is 0 Å². The summed E-state index contributed by atoms with van der Waals surface area (Å²) in [6, 6.07) is 13.4. The van der Waals surface area contributed by atoms with Crippen LogP contribution in [-0.4, -0.2) is 12.9 Å². The summed E-state index contributed by atoms with van der Waals surface area (Å²) in [7, 11) is 1.64. The summed E-state index contributed by atoms with van der Waals surface area (Å²) in [5.41, 5.74) is 2.75. The molecule has 0 amide bonds. The fraction of sp³-hybridized carbons (Fsp3) is 0.278. The van der Waals surface area contributed by atoms with Gasteiger partial charge in [-0.05, 0) is 36.8 Å². The number of ketones is 1. The fourth-order valence-electron chi connectivity index (χ4n) is 2.71. The number of rotatable bonds is 2. The SMILES string of the molecule is COc1ccc(C2Oc3ccc(C)cc3C(=O)C2C)cc1. The van der Waals surface area contributed by atoms with Crippen molar-refractivity contribution < 1.29 is 14.3 Å². The van der Waals surface area contributed by atoms with Gasteiger partial charge in [0.2, 0.25) is 0 Å². The number of hydrogen-bond donors (Lipinski definition) is 0. The van der Waals surface area contributed by atoms with E-state index in [1.54, 1.807) is 7.11 Å². The maximum atomic E-state index is 12.6. The molecular weight excluding hydrogens is 264 g/mol. The first-order valence-corrected chi connectivity index (χ1v) is 7.05. The lowest BCUT2D eigenvalue weighted by molar-refractivity contribution is 0.0690. The molecule has 0 fully saturated rings. The van der Waals surface area contributed by atoms with E-state index in [1.165, 1.54) is 0 Å². The van der Waals surface area contributed by atoms with Crippen molar-refractivity contribution in [3.63, 3.8) is 0 Å². The van der Waals surface area contributed by atoms with Crippen molar-refractivity contribution in [1.82, 2.24) is 0 Å². The van der Waals surface area contributed by atoms with Gasteiger partial charge in [-0.2, -0.15) is 0 Å². The molecule has 2 aromatic rings. The highest BCUT2D eigenvalue weighted by Gasteiger charge is 2.34. The molecule has 21 heavy (non-hydrogen) atoms. The van der Waals surface area contributed by atoms with Crippen molar-refractivity contribution in [2.75, 3.05) is 7.11 Å². The normalized spacial score (nSPS) is 20.6. The zero-order valence-corrected chi connectivity index (χ0v) is 12.4. The first-order valence-electron chi connectivity index (χ1n) is 7.05. The molecule has 1 heterocycles. The summed E-state index contributed by atoms with van der Waals surface area (Å²) < 4.78 is 11.2. The molecular formula is C18H18O3. The summed E-state index contributed by atoms with van der Waals surface area (Å²) in [4.78, 5) is 12.6. The highest BCUT2D eigenvalue weighted by atomic mass is 16.5. The van der Waals surface area contributed by atoms with Crippen LogP contribution >= 0.6 is 0 Å². The van der Waals surface area contributed by atoms with Crippen LogP contribution in [-0.2, 0) is 0 Å². The second-order valence-electron chi connectivity index (χ2n) is 5.46. The van der Waals surface area contributed by atoms with Gasteiger partial charge in [0.1, 0.15) is 17.6 Å². The zero-order chi connectivity index (χ0) is 15.0. The third-order valence-electron chi connectivity index (χ3n) is 3.97. The second kappa shape index (κ2) is 5.24. The lowest BCUT2D eigenvalue weighted by Gasteiger charge is -2.31. The van der Waals surface area contributed by atoms with Gasteiger partial charge in [0.15, 0.2) is 5.78 Å². The Morgan fingerprint density at radius 2 is 1.81 bits per heavy atom. The standard InChI is InChI=1S/C18H18O3/c1-11-4-9-16-15(10-11)17(19)12(2)18(21-16)13-5-7-14(20-3)8-6-13/h4-10,12,18H,1-3H3. The Labute approximate surface area is 124 Å². The maximum absolute atomic E-state index is 12.6. The average molecular weight is 282 g/mol. The van der Waals surface area contributed by atoms with Crippen molar-refractivity contribution in [3.05, 3.63) is 59.2 Å². The van der Waals surface area contributed by atoms with Crippen molar-refractivity contribution in [1.29, 1.82) is 0 Å². The summed E-state index contributed by atoms with van der Waals surface area (Å²) in [5.74, 6) is 1.41. The summed E-state index contributed by atoms with van der Waals surface area (Å²) in [6.07, 6.45) is -0.251. The molecule has 2 atom stereocenters. The van der Waals surface area contributed by atoms with Crippen LogP contribution < -0.4 is 9.47 Å². The molecule has 108 valence electrons. The molecule has 0 radical (unpaired) electrons. The summed E-state index contributed by atoms with van der Waals surface area (Å²) in [5, 5.41) is 0. The molecule has 3 nitrogen and oxygen atoms in total. The zero-order valence-electron chi connectivity index (χ0n) is 12.4. The Morgan fingerprint density at radius 3 is 2.48 bits per heavy atom. The number of carbonyl (C=O) groups excluding carboxylic acids is 1. The highest BCUT2D eigenvalue weighted by Crippen LogP contribution is 2.39.